The van der Waals surface area contributed by atoms with E-state index < -0.39 is 0 Å². The molecule has 0 aliphatic carbocycles. The van der Waals surface area contributed by atoms with Crippen LogP contribution >= 0.6 is 0 Å². The van der Waals surface area contributed by atoms with E-state index in [2.05, 4.69) is 26.1 Å². The average molecular weight is 376 g/mol. The summed E-state index contributed by atoms with van der Waals surface area (Å²) >= 11 is 0. The van der Waals surface area contributed by atoms with Crippen LogP contribution in [0.2, 0.25) is 0 Å². The molecule has 1 unspecified atom stereocenters. The number of ether oxygens (including phenoxy) is 1. The van der Waals surface area contributed by atoms with Crippen LogP contribution in [-0.2, 0) is 4.74 Å². The first-order valence-corrected chi connectivity index (χ1v) is 9.88. The van der Waals surface area contributed by atoms with Crippen molar-refractivity contribution < 1.29 is 14.3 Å². The molecule has 0 spiro atoms. The van der Waals surface area contributed by atoms with Crippen LogP contribution in [0.4, 0.5) is 10.5 Å². The van der Waals surface area contributed by atoms with Crippen LogP contribution in [-0.4, -0.2) is 61.1 Å². The van der Waals surface area contributed by atoms with Gasteiger partial charge in [-0.05, 0) is 56.4 Å². The van der Waals surface area contributed by atoms with Gasteiger partial charge in [-0.25, -0.2) is 4.79 Å². The molecule has 6 nitrogen and oxygen atoms in total. The molecule has 0 aromatic heterocycles. The molecule has 1 heterocycles. The second-order valence-electron chi connectivity index (χ2n) is 7.68. The molecule has 1 fully saturated rings. The minimum absolute atomic E-state index is 0.0709. The lowest BCUT2D eigenvalue weighted by Gasteiger charge is -2.33. The van der Waals surface area contributed by atoms with Crippen LogP contribution in [0.1, 0.15) is 50.4 Å². The quantitative estimate of drug-likeness (QED) is 0.788. The van der Waals surface area contributed by atoms with Gasteiger partial charge in [0.15, 0.2) is 0 Å². The Morgan fingerprint density at radius 3 is 2.56 bits per heavy atom. The maximum Gasteiger partial charge on any atom is 0.321 e. The Bertz CT molecular complexity index is 616. The zero-order valence-electron chi connectivity index (χ0n) is 17.0. The number of benzene rings is 1. The Labute approximate surface area is 162 Å². The Morgan fingerprint density at radius 2 is 1.96 bits per heavy atom. The van der Waals surface area contributed by atoms with Gasteiger partial charge in [0.25, 0.3) is 5.91 Å². The highest BCUT2D eigenvalue weighted by molar-refractivity contribution is 5.95. The fourth-order valence-corrected chi connectivity index (χ4v) is 3.38. The normalized spacial score (nSPS) is 17.1. The molecule has 3 amide bonds. The highest BCUT2D eigenvalue weighted by Gasteiger charge is 2.24. The molecule has 1 aromatic carbocycles. The molecule has 2 rings (SSSR count). The number of carbonyl (C=O) groups excluding carboxylic acids is 2. The lowest BCUT2D eigenvalue weighted by molar-refractivity contribution is 0.0635. The Morgan fingerprint density at radius 1 is 1.26 bits per heavy atom. The third-order valence-electron chi connectivity index (χ3n) is 4.89. The highest BCUT2D eigenvalue weighted by atomic mass is 16.5. The van der Waals surface area contributed by atoms with Crippen LogP contribution in [0.25, 0.3) is 0 Å². The first-order valence-electron chi connectivity index (χ1n) is 9.88. The number of carbonyl (C=O) groups is 2. The third kappa shape index (κ3) is 6.24. The molecular weight excluding hydrogens is 342 g/mol. The first kappa shape index (κ1) is 21.2. The zero-order valence-corrected chi connectivity index (χ0v) is 17.0. The van der Waals surface area contributed by atoms with Gasteiger partial charge in [-0.1, -0.05) is 13.8 Å². The van der Waals surface area contributed by atoms with E-state index in [1.807, 2.05) is 4.90 Å². The largest absolute Gasteiger partial charge is 0.383 e. The number of nitrogens with zero attached hydrogens (tertiary/aromatic N) is 2. The van der Waals surface area contributed by atoms with E-state index in [1.165, 1.54) is 6.42 Å². The van der Waals surface area contributed by atoms with Crippen LogP contribution in [0, 0.1) is 5.92 Å². The fraction of sp³-hybridized carbons (Fsp3) is 0.619. The molecule has 1 atom stereocenters. The van der Waals surface area contributed by atoms with Crippen molar-refractivity contribution in [3.8, 4) is 0 Å². The minimum atomic E-state index is -0.149. The monoisotopic (exact) mass is 375 g/mol. The molecule has 0 saturated carbocycles. The van der Waals surface area contributed by atoms with Crippen molar-refractivity contribution in [2.45, 2.75) is 46.1 Å². The number of anilines is 1. The van der Waals surface area contributed by atoms with Crippen LogP contribution < -0.4 is 5.32 Å². The molecule has 1 saturated heterocycles. The number of rotatable bonds is 7. The van der Waals surface area contributed by atoms with Crippen LogP contribution in [0.3, 0.4) is 0 Å². The van der Waals surface area contributed by atoms with Crippen molar-refractivity contribution in [1.29, 1.82) is 0 Å². The molecule has 0 radical (unpaired) electrons. The van der Waals surface area contributed by atoms with Gasteiger partial charge in [0.1, 0.15) is 0 Å². The van der Waals surface area contributed by atoms with Gasteiger partial charge in [-0.15, -0.1) is 0 Å². The summed E-state index contributed by atoms with van der Waals surface area (Å²) in [6.45, 7) is 8.80. The third-order valence-corrected chi connectivity index (χ3v) is 4.89. The molecule has 0 bridgehead atoms. The van der Waals surface area contributed by atoms with Crippen LogP contribution in [0.5, 0.6) is 0 Å². The van der Waals surface area contributed by atoms with Gasteiger partial charge in [-0.3, -0.25) is 4.79 Å². The second kappa shape index (κ2) is 10.3. The van der Waals surface area contributed by atoms with Gasteiger partial charge in [-0.2, -0.15) is 0 Å². The number of likely N-dealkylation sites (tertiary alicyclic amines) is 1. The van der Waals surface area contributed by atoms with E-state index in [4.69, 9.17) is 4.74 Å². The van der Waals surface area contributed by atoms with Crippen molar-refractivity contribution in [1.82, 2.24) is 9.80 Å². The first-order chi connectivity index (χ1) is 12.9. The molecule has 27 heavy (non-hydrogen) atoms. The van der Waals surface area contributed by atoms with E-state index in [0.29, 0.717) is 36.9 Å². The smallest absolute Gasteiger partial charge is 0.321 e. The lowest BCUT2D eigenvalue weighted by Crippen LogP contribution is -2.42. The molecule has 150 valence electrons. The Hall–Kier alpha value is -2.08. The SMILES string of the molecule is COCCN(CC(C)C)C(=O)Nc1ccc(C(=O)N2CCCCC2C)cc1. The van der Waals surface area contributed by atoms with Gasteiger partial charge < -0.3 is 19.9 Å². The van der Waals surface area contributed by atoms with Crippen molar-refractivity contribution in [2.24, 2.45) is 5.92 Å². The summed E-state index contributed by atoms with van der Waals surface area (Å²) in [6, 6.07) is 7.32. The molecule has 1 aliphatic heterocycles. The maximum atomic E-state index is 12.7. The number of urea groups is 1. The van der Waals surface area contributed by atoms with Crippen molar-refractivity contribution in [3.05, 3.63) is 29.8 Å². The van der Waals surface area contributed by atoms with Crippen LogP contribution in [0.15, 0.2) is 24.3 Å². The lowest BCUT2D eigenvalue weighted by atomic mass is 10.0. The summed E-state index contributed by atoms with van der Waals surface area (Å²) < 4.78 is 5.10. The molecule has 6 heteroatoms. The number of hydrogen-bond acceptors (Lipinski definition) is 3. The summed E-state index contributed by atoms with van der Waals surface area (Å²) in [7, 11) is 1.63. The molecule has 1 N–H and O–H groups in total. The minimum Gasteiger partial charge on any atom is -0.383 e. The van der Waals surface area contributed by atoms with E-state index in [1.54, 1.807) is 36.3 Å². The van der Waals surface area contributed by atoms with Gasteiger partial charge in [0, 0.05) is 44.0 Å². The summed E-state index contributed by atoms with van der Waals surface area (Å²) in [6.07, 6.45) is 3.32. The number of piperidine rings is 1. The second-order valence-corrected chi connectivity index (χ2v) is 7.68. The summed E-state index contributed by atoms with van der Waals surface area (Å²) in [5.41, 5.74) is 1.36. The summed E-state index contributed by atoms with van der Waals surface area (Å²) in [5.74, 6) is 0.445. The Balaban J connectivity index is 1.99. The van der Waals surface area contributed by atoms with E-state index in [9.17, 15) is 9.59 Å². The predicted octanol–water partition coefficient (Wildman–Crippen LogP) is 3.84. The van der Waals surface area contributed by atoms with E-state index in [-0.39, 0.29) is 18.0 Å². The van der Waals surface area contributed by atoms with E-state index >= 15 is 0 Å². The summed E-state index contributed by atoms with van der Waals surface area (Å²) in [5, 5.41) is 2.92. The van der Waals surface area contributed by atoms with Crippen molar-refractivity contribution in [2.75, 3.05) is 38.7 Å². The standard InChI is InChI=1S/C21H33N3O3/c1-16(2)15-23(13-14-27-4)21(26)22-19-10-8-18(9-11-19)20(25)24-12-6-5-7-17(24)3/h8-11,16-17H,5-7,12-15H2,1-4H3,(H,22,26). The van der Waals surface area contributed by atoms with Gasteiger partial charge in [0.05, 0.1) is 6.61 Å². The molecular formula is C21H33N3O3. The number of methoxy groups -OCH3 is 1. The zero-order chi connectivity index (χ0) is 19.8. The van der Waals surface area contributed by atoms with Gasteiger partial charge in [0.2, 0.25) is 0 Å². The predicted molar refractivity (Wildman–Crippen MR) is 108 cm³/mol. The number of hydrogen-bond donors (Lipinski definition) is 1. The number of nitrogens with one attached hydrogen (secondary N) is 1. The topological polar surface area (TPSA) is 61.9 Å². The number of amides is 3. The highest BCUT2D eigenvalue weighted by Crippen LogP contribution is 2.20. The molecule has 1 aromatic rings. The fourth-order valence-electron chi connectivity index (χ4n) is 3.38. The Kier molecular flexibility index (Phi) is 8.10. The van der Waals surface area contributed by atoms with Crippen molar-refractivity contribution >= 4 is 17.6 Å². The maximum absolute atomic E-state index is 12.7. The van der Waals surface area contributed by atoms with Crippen molar-refractivity contribution in [3.63, 3.8) is 0 Å². The molecule has 1 aliphatic rings. The average Bonchev–Trinajstić information content (AvgIpc) is 2.65. The van der Waals surface area contributed by atoms with E-state index in [0.717, 1.165) is 19.4 Å². The van der Waals surface area contributed by atoms with Gasteiger partial charge >= 0.3 is 6.03 Å². The summed E-state index contributed by atoms with van der Waals surface area (Å²) in [4.78, 5) is 29.0.